The van der Waals surface area contributed by atoms with Crippen molar-refractivity contribution in [2.45, 2.75) is 26.7 Å². The summed E-state index contributed by atoms with van der Waals surface area (Å²) in [7, 11) is 4.61. The molecule has 2 aliphatic carbocycles. The molecule has 0 spiro atoms. The molecule has 2 saturated heterocycles. The number of amides is 4. The van der Waals surface area contributed by atoms with Crippen LogP contribution in [0.3, 0.4) is 0 Å². The van der Waals surface area contributed by atoms with Gasteiger partial charge in [-0.3, -0.25) is 28.8 Å². The number of aromatic nitrogens is 2. The monoisotopic (exact) mass is 928 g/mol. The Kier molecular flexibility index (Phi) is 9.36. The van der Waals surface area contributed by atoms with Crippen molar-refractivity contribution in [2.75, 3.05) is 24.0 Å². The molecule has 5 aromatic rings. The summed E-state index contributed by atoms with van der Waals surface area (Å²) in [5, 5.41) is 17.1. The van der Waals surface area contributed by atoms with Gasteiger partial charge in [0.25, 0.3) is 0 Å². The molecule has 2 aromatic heterocycles. The minimum atomic E-state index is -1.26. The Labute approximate surface area is 357 Å². The average molecular weight is 929 g/mol. The van der Waals surface area contributed by atoms with Crippen molar-refractivity contribution in [2.24, 2.45) is 42.1 Å². The second-order valence-corrected chi connectivity index (χ2v) is 18.3. The van der Waals surface area contributed by atoms with E-state index in [-0.39, 0.29) is 47.3 Å². The van der Waals surface area contributed by atoms with Crippen LogP contribution in [0.25, 0.3) is 26.7 Å². The topological polar surface area (TPSA) is 131 Å². The molecule has 0 radical (unpaired) electrons. The molecule has 58 heavy (non-hydrogen) atoms. The van der Waals surface area contributed by atoms with Crippen molar-refractivity contribution in [3.8, 4) is 27.8 Å². The van der Waals surface area contributed by atoms with Crippen LogP contribution in [0, 0.1) is 45.5 Å². The zero-order chi connectivity index (χ0) is 40.9. The first-order chi connectivity index (χ1) is 27.8. The van der Waals surface area contributed by atoms with E-state index in [2.05, 4.69) is 22.6 Å². The van der Waals surface area contributed by atoms with Gasteiger partial charge in [-0.15, -0.1) is 11.3 Å². The van der Waals surface area contributed by atoms with Crippen LogP contribution in [0.4, 0.5) is 11.5 Å². The number of aromatic hydroxyl groups is 1. The van der Waals surface area contributed by atoms with Crippen molar-refractivity contribution < 1.29 is 33.8 Å². The van der Waals surface area contributed by atoms with E-state index >= 15 is 4.79 Å². The molecule has 4 amide bonds. The lowest BCUT2D eigenvalue weighted by molar-refractivity contribution is -0.132. The Bertz CT molecular complexity index is 2640. The number of thiophene rings is 1. The first-order valence-corrected chi connectivity index (χ1v) is 21.1. The van der Waals surface area contributed by atoms with E-state index < -0.39 is 35.0 Å². The lowest BCUT2D eigenvalue weighted by Crippen LogP contribution is -2.49. The first-order valence-electron chi connectivity index (χ1n) is 18.8. The molecular formula is C44H38ClIN4O7S. The number of hydrogen-bond acceptors (Lipinski definition) is 9. The first kappa shape index (κ1) is 38.5. The van der Waals surface area contributed by atoms with E-state index in [1.807, 2.05) is 62.4 Å². The summed E-state index contributed by atoms with van der Waals surface area (Å²) in [6.45, 7) is 3.85. The van der Waals surface area contributed by atoms with Crippen LogP contribution in [0.2, 0.25) is 5.02 Å². The molecule has 3 fully saturated rings. The number of ether oxygens (including phenoxy) is 2. The molecule has 11 nitrogen and oxygen atoms in total. The van der Waals surface area contributed by atoms with Crippen LogP contribution in [-0.2, 0) is 26.2 Å². The Morgan fingerprint density at radius 2 is 1.66 bits per heavy atom. The molecule has 3 aromatic carbocycles. The number of allylic oxidation sites excluding steroid dienone is 3. The van der Waals surface area contributed by atoms with E-state index in [4.69, 9.17) is 26.2 Å². The van der Waals surface area contributed by atoms with Gasteiger partial charge < -0.3 is 14.6 Å². The van der Waals surface area contributed by atoms with Crippen molar-refractivity contribution in [1.82, 2.24) is 9.78 Å². The molecule has 4 aliphatic rings. The van der Waals surface area contributed by atoms with Gasteiger partial charge in [-0.1, -0.05) is 35.4 Å². The number of imide groups is 2. The quantitative estimate of drug-likeness (QED) is 0.0977. The van der Waals surface area contributed by atoms with Crippen LogP contribution in [0.15, 0.2) is 78.4 Å². The summed E-state index contributed by atoms with van der Waals surface area (Å²) in [5.74, 6) is -3.92. The molecule has 1 N–H and O–H groups in total. The molecule has 0 unspecified atom stereocenters. The fourth-order valence-electron chi connectivity index (χ4n) is 9.71. The second-order valence-electron chi connectivity index (χ2n) is 15.5. The number of hydrogen-bond donors (Lipinski definition) is 1. The summed E-state index contributed by atoms with van der Waals surface area (Å²) in [4.78, 5) is 62.1. The maximum absolute atomic E-state index is 15.2. The number of phenols is 1. The van der Waals surface area contributed by atoms with Gasteiger partial charge in [0.1, 0.15) is 11.5 Å². The summed E-state index contributed by atoms with van der Waals surface area (Å²) in [6.07, 6.45) is 6.29. The molecule has 6 atom stereocenters. The summed E-state index contributed by atoms with van der Waals surface area (Å²) < 4.78 is 14.4. The summed E-state index contributed by atoms with van der Waals surface area (Å²) >= 11 is 10.1. The lowest BCUT2D eigenvalue weighted by Gasteiger charge is -2.47. The summed E-state index contributed by atoms with van der Waals surface area (Å²) in [6, 6.07) is 18.1. The number of carbonyl (C=O) groups excluding carboxylic acids is 4. The van der Waals surface area contributed by atoms with Crippen LogP contribution in [-0.4, -0.2) is 52.7 Å². The van der Waals surface area contributed by atoms with Crippen molar-refractivity contribution in [3.05, 3.63) is 98.1 Å². The fraction of sp³-hybridized carbons (Fsp3) is 0.295. The fourth-order valence-corrected chi connectivity index (χ4v) is 11.4. The van der Waals surface area contributed by atoms with Gasteiger partial charge in [0, 0.05) is 32.3 Å². The van der Waals surface area contributed by atoms with E-state index in [9.17, 15) is 19.5 Å². The molecule has 2 aliphatic heterocycles. The third-order valence-corrected chi connectivity index (χ3v) is 14.9. The Morgan fingerprint density at radius 1 is 0.948 bits per heavy atom. The minimum Gasteiger partial charge on any atom is -0.502 e. The summed E-state index contributed by atoms with van der Waals surface area (Å²) in [5.41, 5.74) is 2.37. The van der Waals surface area contributed by atoms with Crippen LogP contribution in [0.5, 0.6) is 17.2 Å². The second kappa shape index (κ2) is 14.1. The number of carbonyl (C=O) groups is 4. The highest BCUT2D eigenvalue weighted by Crippen LogP contribution is 2.61. The Morgan fingerprint density at radius 3 is 2.34 bits per heavy atom. The predicted molar refractivity (Wildman–Crippen MR) is 231 cm³/mol. The molecular weight excluding hydrogens is 891 g/mol. The van der Waals surface area contributed by atoms with Gasteiger partial charge in [0.05, 0.1) is 48.0 Å². The highest BCUT2D eigenvalue weighted by molar-refractivity contribution is 14.1. The van der Waals surface area contributed by atoms with Crippen LogP contribution in [0.1, 0.15) is 30.9 Å². The zero-order valence-electron chi connectivity index (χ0n) is 32.2. The largest absolute Gasteiger partial charge is 0.502 e. The number of phenolic OH excluding ortho intramolecular Hbond substituents is 1. The SMILES string of the molecule is COc1cc(C=C[C@H]2C3=CC[C@@H]4C(=O)N(c5ccc(I)cc5)C(=O)[C@@H]4[C@@H]3C[C@H]3C(=O)N(c4cc(-c5sc6ccc(Cl)cc6c5C)nn4C)C(=O)[C@@]23C)cc(OC)c1O. The smallest absolute Gasteiger partial charge is 0.242 e. The number of benzene rings is 3. The average Bonchev–Trinajstić information content (AvgIpc) is 3.88. The number of anilines is 2. The number of rotatable bonds is 7. The number of halogens is 2. The van der Waals surface area contributed by atoms with Crippen LogP contribution >= 0.6 is 45.5 Å². The van der Waals surface area contributed by atoms with Gasteiger partial charge in [-0.05, 0) is 126 Å². The highest BCUT2D eigenvalue weighted by Gasteiger charge is 2.67. The van der Waals surface area contributed by atoms with E-state index in [1.165, 1.54) is 24.0 Å². The van der Waals surface area contributed by atoms with Gasteiger partial charge >= 0.3 is 0 Å². The van der Waals surface area contributed by atoms with Gasteiger partial charge in [0.15, 0.2) is 11.5 Å². The molecule has 9 rings (SSSR count). The number of fused-ring (bicyclic) bond motifs is 5. The van der Waals surface area contributed by atoms with Crippen molar-refractivity contribution in [1.29, 1.82) is 0 Å². The number of methoxy groups -OCH3 is 2. The van der Waals surface area contributed by atoms with E-state index in [0.717, 1.165) is 29.7 Å². The lowest BCUT2D eigenvalue weighted by atomic mass is 9.52. The van der Waals surface area contributed by atoms with Crippen molar-refractivity contribution in [3.63, 3.8) is 0 Å². The molecule has 1 saturated carbocycles. The van der Waals surface area contributed by atoms with Crippen molar-refractivity contribution >= 4 is 96.8 Å². The highest BCUT2D eigenvalue weighted by atomic mass is 127. The predicted octanol–water partition coefficient (Wildman–Crippen LogP) is 8.57. The third kappa shape index (κ3) is 5.67. The maximum Gasteiger partial charge on any atom is 0.242 e. The van der Waals surface area contributed by atoms with E-state index in [1.54, 1.807) is 53.4 Å². The molecule has 0 bridgehead atoms. The third-order valence-electron chi connectivity index (χ3n) is 12.6. The van der Waals surface area contributed by atoms with Crippen LogP contribution < -0.4 is 19.3 Å². The maximum atomic E-state index is 15.2. The standard InChI is InChI=1S/C44H38ClIN4O7S/c1-21-28-18-23(45)7-15-35(28)58-39(21)32-20-36(48(3)47-32)50-41(53)31-19-29-26(12-13-27-37(29)42(54)49(40(27)52)25-10-8-24(46)9-11-25)30(44(31,2)43(50)55)14-6-22-16-33(56-4)38(51)34(17-22)57-5/h6-12,14-18,20,27,29-31,37,51H,13,19H2,1-5H3/t27-,29+,30-,31-,37-,44-/m0/s1. The zero-order valence-corrected chi connectivity index (χ0v) is 35.9. The minimum absolute atomic E-state index is 0.146. The molecule has 296 valence electrons. The van der Waals surface area contributed by atoms with E-state index in [0.29, 0.717) is 34.2 Å². The van der Waals surface area contributed by atoms with Gasteiger partial charge in [0.2, 0.25) is 29.4 Å². The Balaban J connectivity index is 1.14. The molecule has 4 heterocycles. The number of aryl methyl sites for hydroxylation is 2. The van der Waals surface area contributed by atoms with Gasteiger partial charge in [-0.25, -0.2) is 4.90 Å². The Hall–Kier alpha value is -4.99. The van der Waals surface area contributed by atoms with Gasteiger partial charge in [-0.2, -0.15) is 5.10 Å². The normalized spacial score (nSPS) is 25.4. The molecule has 14 heteroatoms. The number of nitrogens with zero attached hydrogens (tertiary/aromatic N) is 4.